The Morgan fingerprint density at radius 2 is 2.03 bits per heavy atom. The normalized spacial score (nSPS) is 15.4. The number of ether oxygens (including phenoxy) is 2. The molecule has 1 aliphatic rings. The van der Waals surface area contributed by atoms with Gasteiger partial charge in [0.05, 0.1) is 33.4 Å². The van der Waals surface area contributed by atoms with Gasteiger partial charge in [0.15, 0.2) is 4.80 Å². The molecule has 0 unspecified atom stereocenters. The number of non-ortho nitro benzene ring substituents is 1. The van der Waals surface area contributed by atoms with Crippen LogP contribution in [0.1, 0.15) is 44.9 Å². The standard InChI is InChI=1S/C26H25N3O7S/c1-5-35-25(32)22-15(4)27-26-28(23(22)18-8-6-7-9-20(18)36-14(2)3)24(31)21(37-26)13-16-12-17(29(33)34)10-11-19(16)30/h6-14,23,30H,5H2,1-4H3/b21-13-/t23-/m0/s1. The molecule has 1 aliphatic heterocycles. The highest BCUT2D eigenvalue weighted by atomic mass is 32.1. The highest BCUT2D eigenvalue weighted by Gasteiger charge is 2.35. The van der Waals surface area contributed by atoms with Crippen LogP contribution in [0.15, 0.2) is 63.5 Å². The van der Waals surface area contributed by atoms with Crippen LogP contribution in [-0.4, -0.2) is 33.3 Å². The van der Waals surface area contributed by atoms with E-state index in [1.165, 1.54) is 28.8 Å². The third-order valence-electron chi connectivity index (χ3n) is 5.60. The number of para-hydroxylation sites is 1. The second kappa shape index (κ2) is 10.4. The number of carbonyl (C=O) groups is 1. The first-order chi connectivity index (χ1) is 17.6. The van der Waals surface area contributed by atoms with Gasteiger partial charge in [-0.25, -0.2) is 9.79 Å². The van der Waals surface area contributed by atoms with Crippen molar-refractivity contribution in [2.24, 2.45) is 4.99 Å². The fourth-order valence-corrected chi connectivity index (χ4v) is 5.10. The molecule has 0 aliphatic carbocycles. The zero-order valence-corrected chi connectivity index (χ0v) is 21.4. The van der Waals surface area contributed by atoms with Crippen LogP contribution in [0.4, 0.5) is 5.69 Å². The summed E-state index contributed by atoms with van der Waals surface area (Å²) < 4.78 is 12.9. The number of hydrogen-bond donors (Lipinski definition) is 1. The van der Waals surface area contributed by atoms with Crippen molar-refractivity contribution in [2.75, 3.05) is 6.61 Å². The summed E-state index contributed by atoms with van der Waals surface area (Å²) in [6.45, 7) is 7.26. The third-order valence-corrected chi connectivity index (χ3v) is 6.58. The summed E-state index contributed by atoms with van der Waals surface area (Å²) in [5, 5.41) is 21.5. The second-order valence-corrected chi connectivity index (χ2v) is 9.52. The number of allylic oxidation sites excluding steroid dienone is 1. The molecule has 3 aromatic rings. The summed E-state index contributed by atoms with van der Waals surface area (Å²) >= 11 is 1.05. The topological polar surface area (TPSA) is 133 Å². The zero-order chi connectivity index (χ0) is 26.9. The summed E-state index contributed by atoms with van der Waals surface area (Å²) in [7, 11) is 0. The van der Waals surface area contributed by atoms with Crippen molar-refractivity contribution in [2.45, 2.75) is 39.8 Å². The summed E-state index contributed by atoms with van der Waals surface area (Å²) in [6.07, 6.45) is 1.22. The minimum absolute atomic E-state index is 0.112. The Morgan fingerprint density at radius 1 is 1.30 bits per heavy atom. The SMILES string of the molecule is CCOC(=O)C1=C(C)N=c2s/c(=C\c3cc([N+](=O)[O-])ccc3O)c(=O)n2[C@H]1c1ccccc1OC(C)C. The molecule has 2 heterocycles. The van der Waals surface area contributed by atoms with Gasteiger partial charge in [-0.05, 0) is 45.9 Å². The first kappa shape index (κ1) is 25.8. The number of nitrogens with zero attached hydrogens (tertiary/aromatic N) is 3. The van der Waals surface area contributed by atoms with Crippen LogP contribution in [0.2, 0.25) is 0 Å². The molecule has 2 aromatic carbocycles. The van der Waals surface area contributed by atoms with Crippen molar-refractivity contribution in [3.05, 3.63) is 94.7 Å². The number of rotatable bonds is 7. The Kier molecular flexibility index (Phi) is 7.25. The van der Waals surface area contributed by atoms with E-state index >= 15 is 0 Å². The molecule has 0 radical (unpaired) electrons. The first-order valence-electron chi connectivity index (χ1n) is 11.5. The number of hydrogen-bond acceptors (Lipinski definition) is 9. The van der Waals surface area contributed by atoms with Crippen LogP contribution < -0.4 is 19.6 Å². The summed E-state index contributed by atoms with van der Waals surface area (Å²) in [4.78, 5) is 42.3. The maximum absolute atomic E-state index is 13.7. The van der Waals surface area contributed by atoms with Crippen LogP contribution in [0.5, 0.6) is 11.5 Å². The smallest absolute Gasteiger partial charge is 0.338 e. The van der Waals surface area contributed by atoms with E-state index in [2.05, 4.69) is 4.99 Å². The van der Waals surface area contributed by atoms with E-state index in [4.69, 9.17) is 9.47 Å². The molecule has 0 amide bonds. The van der Waals surface area contributed by atoms with Crippen LogP contribution in [0.25, 0.3) is 6.08 Å². The van der Waals surface area contributed by atoms with Crippen molar-refractivity contribution in [3.63, 3.8) is 0 Å². The molecule has 0 bridgehead atoms. The molecule has 10 nitrogen and oxygen atoms in total. The number of aromatic nitrogens is 1. The summed E-state index contributed by atoms with van der Waals surface area (Å²) in [5.74, 6) is -0.310. The largest absolute Gasteiger partial charge is 0.507 e. The van der Waals surface area contributed by atoms with E-state index in [-0.39, 0.29) is 39.8 Å². The predicted molar refractivity (Wildman–Crippen MR) is 137 cm³/mol. The monoisotopic (exact) mass is 523 g/mol. The van der Waals surface area contributed by atoms with Gasteiger partial charge in [-0.1, -0.05) is 29.5 Å². The lowest BCUT2D eigenvalue weighted by molar-refractivity contribution is -0.384. The first-order valence-corrected chi connectivity index (χ1v) is 12.4. The van der Waals surface area contributed by atoms with Gasteiger partial charge in [-0.15, -0.1) is 0 Å². The van der Waals surface area contributed by atoms with Crippen molar-refractivity contribution in [1.82, 2.24) is 4.57 Å². The maximum Gasteiger partial charge on any atom is 0.338 e. The van der Waals surface area contributed by atoms with E-state index < -0.39 is 22.5 Å². The van der Waals surface area contributed by atoms with E-state index in [0.717, 1.165) is 11.3 Å². The van der Waals surface area contributed by atoms with Crippen molar-refractivity contribution < 1.29 is 24.3 Å². The van der Waals surface area contributed by atoms with Gasteiger partial charge in [-0.2, -0.15) is 0 Å². The van der Waals surface area contributed by atoms with Crippen LogP contribution >= 0.6 is 11.3 Å². The fraction of sp³-hybridized carbons (Fsp3) is 0.269. The lowest BCUT2D eigenvalue weighted by Gasteiger charge is -2.26. The van der Waals surface area contributed by atoms with E-state index in [1.54, 1.807) is 38.1 Å². The molecular weight excluding hydrogens is 498 g/mol. The summed E-state index contributed by atoms with van der Waals surface area (Å²) in [6, 6.07) is 9.82. The Hall–Kier alpha value is -4.25. The minimum Gasteiger partial charge on any atom is -0.507 e. The van der Waals surface area contributed by atoms with Gasteiger partial charge in [-0.3, -0.25) is 19.5 Å². The zero-order valence-electron chi connectivity index (χ0n) is 20.6. The van der Waals surface area contributed by atoms with Crippen LogP contribution in [0.3, 0.4) is 0 Å². The van der Waals surface area contributed by atoms with Gasteiger partial charge in [0, 0.05) is 23.3 Å². The Morgan fingerprint density at radius 3 is 2.70 bits per heavy atom. The number of phenols is 1. The number of esters is 1. The molecule has 1 atom stereocenters. The van der Waals surface area contributed by atoms with Gasteiger partial charge in [0.2, 0.25) is 0 Å². The quantitative estimate of drug-likeness (QED) is 0.286. The Balaban J connectivity index is 1.99. The third kappa shape index (κ3) is 5.03. The lowest BCUT2D eigenvalue weighted by Crippen LogP contribution is -2.40. The van der Waals surface area contributed by atoms with Gasteiger partial charge in [0.25, 0.3) is 11.2 Å². The number of aromatic hydroxyl groups is 1. The number of thiazole rings is 1. The van der Waals surface area contributed by atoms with Crippen molar-refractivity contribution >= 4 is 29.1 Å². The summed E-state index contributed by atoms with van der Waals surface area (Å²) in [5.41, 5.74) is 0.594. The van der Waals surface area contributed by atoms with Crippen LogP contribution in [-0.2, 0) is 9.53 Å². The maximum atomic E-state index is 13.7. The molecule has 1 N–H and O–H groups in total. The number of benzene rings is 2. The number of nitro benzene ring substituents is 1. The number of nitro groups is 1. The number of phenolic OH excluding ortho intramolecular Hbond substituents is 1. The minimum atomic E-state index is -0.883. The van der Waals surface area contributed by atoms with E-state index in [9.17, 15) is 24.8 Å². The van der Waals surface area contributed by atoms with Crippen molar-refractivity contribution in [1.29, 1.82) is 0 Å². The molecule has 0 saturated heterocycles. The average molecular weight is 524 g/mol. The Bertz CT molecular complexity index is 1600. The number of carbonyl (C=O) groups excluding carboxylic acids is 1. The molecule has 4 rings (SSSR count). The molecular formula is C26H25N3O7S. The Labute approximate surface area is 215 Å². The highest BCUT2D eigenvalue weighted by molar-refractivity contribution is 7.07. The highest BCUT2D eigenvalue weighted by Crippen LogP contribution is 2.36. The van der Waals surface area contributed by atoms with Gasteiger partial charge >= 0.3 is 5.97 Å². The molecule has 0 fully saturated rings. The molecule has 11 heteroatoms. The molecule has 192 valence electrons. The fourth-order valence-electron chi connectivity index (χ4n) is 4.07. The van der Waals surface area contributed by atoms with Gasteiger partial charge < -0.3 is 14.6 Å². The predicted octanol–water partition coefficient (Wildman–Crippen LogP) is 3.20. The van der Waals surface area contributed by atoms with Crippen LogP contribution in [0, 0.1) is 10.1 Å². The number of fused-ring (bicyclic) bond motifs is 1. The second-order valence-electron chi connectivity index (χ2n) is 8.51. The molecule has 1 aromatic heterocycles. The molecule has 0 spiro atoms. The van der Waals surface area contributed by atoms with Crippen molar-refractivity contribution in [3.8, 4) is 11.5 Å². The molecule has 0 saturated carbocycles. The van der Waals surface area contributed by atoms with E-state index in [0.29, 0.717) is 21.8 Å². The molecule has 37 heavy (non-hydrogen) atoms. The van der Waals surface area contributed by atoms with E-state index in [1.807, 2.05) is 13.8 Å². The average Bonchev–Trinajstić information content (AvgIpc) is 3.14. The van der Waals surface area contributed by atoms with Gasteiger partial charge in [0.1, 0.15) is 17.5 Å². The lowest BCUT2D eigenvalue weighted by atomic mass is 9.95.